The van der Waals surface area contributed by atoms with Crippen molar-refractivity contribution in [3.63, 3.8) is 0 Å². The molecule has 196 valence electrons. The normalized spacial score (nSPS) is 16.6. The zero-order chi connectivity index (χ0) is 26.9. The number of rotatable bonds is 8. The molecule has 1 aliphatic rings. The van der Waals surface area contributed by atoms with Gasteiger partial charge < -0.3 is 25.6 Å². The van der Waals surface area contributed by atoms with Gasteiger partial charge in [-0.3, -0.25) is 4.79 Å². The molecule has 16 heteroatoms. The van der Waals surface area contributed by atoms with Gasteiger partial charge in [-0.15, -0.1) is 5.10 Å². The fourth-order valence-corrected chi connectivity index (χ4v) is 3.61. The molecule has 0 aliphatic carbocycles. The highest BCUT2D eigenvalue weighted by molar-refractivity contribution is 6.30. The van der Waals surface area contributed by atoms with E-state index in [-0.39, 0.29) is 35.6 Å². The Morgan fingerprint density at radius 3 is 2.59 bits per heavy atom. The monoisotopic (exact) mass is 540 g/mol. The van der Waals surface area contributed by atoms with Gasteiger partial charge in [0.25, 0.3) is 5.91 Å². The number of β-amino-alcohol motifs (C(OH)–C–C–N with tert-alkyl or cyclic N) is 1. The van der Waals surface area contributed by atoms with Crippen LogP contribution in [0.5, 0.6) is 5.75 Å². The lowest BCUT2D eigenvalue weighted by molar-refractivity contribution is -0.212. The number of pyridine rings is 1. The van der Waals surface area contributed by atoms with E-state index in [0.717, 1.165) is 14.6 Å². The van der Waals surface area contributed by atoms with Crippen LogP contribution in [0.2, 0.25) is 5.02 Å². The summed E-state index contributed by atoms with van der Waals surface area (Å²) in [6.45, 7) is -1.36. The lowest BCUT2D eigenvalue weighted by Gasteiger charge is -2.29. The molecule has 2 aromatic heterocycles. The fourth-order valence-electron chi connectivity index (χ4n) is 3.49. The molecule has 0 saturated heterocycles. The van der Waals surface area contributed by atoms with Gasteiger partial charge in [0.2, 0.25) is 12.2 Å². The first-order chi connectivity index (χ1) is 17.5. The number of ether oxygens (including phenoxy) is 1. The largest absolute Gasteiger partial charge is 0.493 e. The Hall–Kier alpha value is -3.95. The van der Waals surface area contributed by atoms with Gasteiger partial charge in [0.15, 0.2) is 29.3 Å². The summed E-state index contributed by atoms with van der Waals surface area (Å²) in [7, 11) is 1.39. The number of nitrogens with two attached hydrogens (primary N) is 1. The van der Waals surface area contributed by atoms with Crippen molar-refractivity contribution in [2.75, 3.05) is 13.7 Å². The van der Waals surface area contributed by atoms with Gasteiger partial charge in [0.05, 0.1) is 13.7 Å². The van der Waals surface area contributed by atoms with E-state index in [2.05, 4.69) is 20.2 Å². The number of methoxy groups -OCH3 is 1. The Balaban J connectivity index is 1.69. The van der Waals surface area contributed by atoms with Crippen LogP contribution in [0.1, 0.15) is 22.0 Å². The number of alkyl halides is 3. The lowest BCUT2D eigenvalue weighted by Crippen LogP contribution is -2.49. The van der Waals surface area contributed by atoms with E-state index in [9.17, 15) is 28.2 Å². The van der Waals surface area contributed by atoms with Gasteiger partial charge in [0, 0.05) is 16.8 Å². The van der Waals surface area contributed by atoms with E-state index in [1.54, 1.807) is 12.1 Å². The summed E-state index contributed by atoms with van der Waals surface area (Å²) in [4.78, 5) is 21.1. The number of nitrogens with zero attached hydrogens (tertiary/aromatic N) is 7. The molecule has 0 saturated carbocycles. The number of primary amides is 1. The smallest absolute Gasteiger partial charge is 0.416 e. The van der Waals surface area contributed by atoms with E-state index in [1.807, 2.05) is 0 Å². The van der Waals surface area contributed by atoms with Crippen LogP contribution in [0, 0.1) is 0 Å². The Kier molecular flexibility index (Phi) is 7.20. The molecule has 12 nitrogen and oxygen atoms in total. The molecule has 3 heterocycles. The standard InChI is InChI=1S/C21H20ClF3N8O4/c1-37-13-3-2-8-27-18(13)33-19(16(26)35)28-15(29-33)10-32-20(36)31(9-14(34)21(23,24)25)17(30-32)11-4-6-12(22)7-5-11/h2-8,14,20,34,36H,9-10H2,1H3,(H2,26,35)/t14-,20?/m0/s1. The first-order valence-electron chi connectivity index (χ1n) is 10.6. The average Bonchev–Trinajstić information content (AvgIpc) is 3.41. The van der Waals surface area contributed by atoms with Crippen molar-refractivity contribution in [2.45, 2.75) is 25.2 Å². The van der Waals surface area contributed by atoms with Crippen molar-refractivity contribution in [2.24, 2.45) is 10.8 Å². The number of halogens is 4. The van der Waals surface area contributed by atoms with Crippen LogP contribution in [0.3, 0.4) is 0 Å². The van der Waals surface area contributed by atoms with E-state index < -0.39 is 31.1 Å². The second-order valence-electron chi connectivity index (χ2n) is 7.74. The molecule has 2 atom stereocenters. The minimum Gasteiger partial charge on any atom is -0.493 e. The average molecular weight is 541 g/mol. The molecule has 0 bridgehead atoms. The zero-order valence-electron chi connectivity index (χ0n) is 19.0. The lowest BCUT2D eigenvalue weighted by atomic mass is 10.2. The maximum absolute atomic E-state index is 13.1. The van der Waals surface area contributed by atoms with Gasteiger partial charge in [0.1, 0.15) is 6.54 Å². The second-order valence-corrected chi connectivity index (χ2v) is 8.18. The second kappa shape index (κ2) is 10.2. The Bertz CT molecular complexity index is 1320. The number of amidine groups is 1. The summed E-state index contributed by atoms with van der Waals surface area (Å²) < 4.78 is 45.6. The van der Waals surface area contributed by atoms with Gasteiger partial charge in [-0.1, -0.05) is 11.6 Å². The molecule has 4 N–H and O–H groups in total. The molecule has 1 aliphatic heterocycles. The summed E-state index contributed by atoms with van der Waals surface area (Å²) in [5.74, 6) is -0.982. The number of hydrogen-bond donors (Lipinski definition) is 3. The first kappa shape index (κ1) is 26.1. The molecular weight excluding hydrogens is 521 g/mol. The number of hydrazone groups is 1. The first-order valence-corrected chi connectivity index (χ1v) is 10.9. The predicted octanol–water partition coefficient (Wildman–Crippen LogP) is 1.10. The third-order valence-electron chi connectivity index (χ3n) is 5.24. The van der Waals surface area contributed by atoms with Crippen LogP contribution in [0.25, 0.3) is 5.82 Å². The number of carbonyl (C=O) groups is 1. The maximum atomic E-state index is 13.1. The number of aliphatic hydroxyl groups is 2. The summed E-state index contributed by atoms with van der Waals surface area (Å²) >= 11 is 5.91. The molecule has 0 fully saturated rings. The highest BCUT2D eigenvalue weighted by Gasteiger charge is 2.43. The van der Waals surface area contributed by atoms with Crippen molar-refractivity contribution < 1.29 is 32.9 Å². The number of benzene rings is 1. The molecule has 4 rings (SSSR count). The number of hydrogen-bond acceptors (Lipinski definition) is 10. The summed E-state index contributed by atoms with van der Waals surface area (Å²) in [6.07, 6.45) is -8.01. The van der Waals surface area contributed by atoms with Gasteiger partial charge >= 0.3 is 6.18 Å². The number of aromatic nitrogens is 4. The quantitative estimate of drug-likeness (QED) is 0.381. The molecular formula is C21H20ClF3N8O4. The van der Waals surface area contributed by atoms with Crippen LogP contribution in [0.4, 0.5) is 13.2 Å². The Labute approximate surface area is 212 Å². The highest BCUT2D eigenvalue weighted by atomic mass is 35.5. The third-order valence-corrected chi connectivity index (χ3v) is 5.49. The highest BCUT2D eigenvalue weighted by Crippen LogP contribution is 2.27. The van der Waals surface area contributed by atoms with Crippen molar-refractivity contribution in [3.05, 3.63) is 64.8 Å². The van der Waals surface area contributed by atoms with Gasteiger partial charge in [-0.25, -0.2) is 15.0 Å². The topological polar surface area (TPSA) is 155 Å². The summed E-state index contributed by atoms with van der Waals surface area (Å²) in [5.41, 5.74) is 5.77. The van der Waals surface area contributed by atoms with Crippen molar-refractivity contribution in [1.29, 1.82) is 0 Å². The molecule has 37 heavy (non-hydrogen) atoms. The van der Waals surface area contributed by atoms with Crippen LogP contribution in [-0.4, -0.2) is 83.9 Å². The third kappa shape index (κ3) is 5.42. The van der Waals surface area contributed by atoms with E-state index in [1.165, 1.54) is 37.6 Å². The van der Waals surface area contributed by atoms with Crippen molar-refractivity contribution in [1.82, 2.24) is 29.7 Å². The van der Waals surface area contributed by atoms with Crippen LogP contribution >= 0.6 is 11.6 Å². The minimum atomic E-state index is -4.93. The maximum Gasteiger partial charge on any atom is 0.416 e. The fraction of sp³-hybridized carbons (Fsp3) is 0.286. The number of carbonyl (C=O) groups excluding carboxylic acids is 1. The molecule has 1 aromatic carbocycles. The van der Waals surface area contributed by atoms with E-state index >= 15 is 0 Å². The summed E-state index contributed by atoms with van der Waals surface area (Å²) in [5, 5.41) is 30.3. The minimum absolute atomic E-state index is 0.0574. The van der Waals surface area contributed by atoms with E-state index in [4.69, 9.17) is 22.1 Å². The summed E-state index contributed by atoms with van der Waals surface area (Å²) in [6, 6.07) is 9.16. The van der Waals surface area contributed by atoms with Crippen LogP contribution < -0.4 is 10.5 Å². The molecule has 1 unspecified atom stereocenters. The van der Waals surface area contributed by atoms with Crippen molar-refractivity contribution >= 4 is 23.3 Å². The Morgan fingerprint density at radius 1 is 1.27 bits per heavy atom. The Morgan fingerprint density at radius 2 is 1.97 bits per heavy atom. The number of amides is 1. The van der Waals surface area contributed by atoms with Crippen molar-refractivity contribution in [3.8, 4) is 11.6 Å². The van der Waals surface area contributed by atoms with Gasteiger partial charge in [-0.2, -0.15) is 23.0 Å². The molecule has 1 amide bonds. The molecule has 0 spiro atoms. The predicted molar refractivity (Wildman–Crippen MR) is 123 cm³/mol. The SMILES string of the molecule is COc1cccnc1-n1nc(CN2N=C(c3ccc(Cl)cc3)N(C[C@H](O)C(F)(F)F)C2O)nc1C(N)=O. The zero-order valence-corrected chi connectivity index (χ0v) is 19.8. The van der Waals surface area contributed by atoms with Gasteiger partial charge in [-0.05, 0) is 36.4 Å². The van der Waals surface area contributed by atoms with Crippen LogP contribution in [-0.2, 0) is 6.54 Å². The van der Waals surface area contributed by atoms with Crippen LogP contribution in [0.15, 0.2) is 47.7 Å². The van der Waals surface area contributed by atoms with E-state index in [0.29, 0.717) is 10.6 Å². The molecule has 0 radical (unpaired) electrons. The molecule has 3 aromatic rings. The number of aliphatic hydroxyl groups excluding tert-OH is 2.